The highest BCUT2D eigenvalue weighted by atomic mass is 35.5. The number of nitrogens with one attached hydrogen (secondary N) is 1. The minimum absolute atomic E-state index is 0.183. The van der Waals surface area contributed by atoms with Crippen LogP contribution < -0.4 is 5.32 Å². The second-order valence-corrected chi connectivity index (χ2v) is 8.78. The molecule has 0 aromatic heterocycles. The molecule has 1 aromatic rings. The lowest BCUT2D eigenvalue weighted by atomic mass is 9.51. The summed E-state index contributed by atoms with van der Waals surface area (Å²) in [6.07, 6.45) is 1.32. The first kappa shape index (κ1) is 17.9. The lowest BCUT2D eigenvalue weighted by molar-refractivity contribution is -0.177. The molecule has 134 valence electrons. The van der Waals surface area contributed by atoms with Gasteiger partial charge in [-0.15, -0.1) is 0 Å². The Labute approximate surface area is 152 Å². The maximum absolute atomic E-state index is 13.0. The smallest absolute Gasteiger partial charge is 0.234 e. The van der Waals surface area contributed by atoms with E-state index in [9.17, 15) is 14.4 Å². The van der Waals surface area contributed by atoms with Crippen molar-refractivity contribution in [3.63, 3.8) is 0 Å². The van der Waals surface area contributed by atoms with Crippen molar-refractivity contribution < 1.29 is 14.4 Å². The zero-order valence-corrected chi connectivity index (χ0v) is 15.7. The van der Waals surface area contributed by atoms with Crippen LogP contribution in [0.15, 0.2) is 24.3 Å². The predicted octanol–water partition coefficient (Wildman–Crippen LogP) is 3.48. The van der Waals surface area contributed by atoms with Crippen molar-refractivity contribution in [3.05, 3.63) is 29.3 Å². The molecule has 1 N–H and O–H groups in total. The fourth-order valence-corrected chi connectivity index (χ4v) is 5.17. The summed E-state index contributed by atoms with van der Waals surface area (Å²) in [6.45, 7) is 5.57. The van der Waals surface area contributed by atoms with E-state index in [0.29, 0.717) is 30.0 Å². The molecule has 3 amide bonds. The normalized spacial score (nSPS) is 34.8. The number of hydrogen-bond acceptors (Lipinski definition) is 3. The van der Waals surface area contributed by atoms with Gasteiger partial charge >= 0.3 is 0 Å². The summed E-state index contributed by atoms with van der Waals surface area (Å²) < 4.78 is 0. The first-order chi connectivity index (χ1) is 11.5. The average molecular weight is 363 g/mol. The SMILES string of the molecule is CN1C(=O)C2(C)CC(C)(C(=O)Nc3cccc(Cl)c3)CC(C)(C2)C1=O. The van der Waals surface area contributed by atoms with Gasteiger partial charge in [0.05, 0.1) is 0 Å². The summed E-state index contributed by atoms with van der Waals surface area (Å²) in [5.74, 6) is -0.579. The number of carbonyl (C=O) groups is 3. The molecule has 0 radical (unpaired) electrons. The third-order valence-corrected chi connectivity index (χ3v) is 5.85. The van der Waals surface area contributed by atoms with Crippen molar-refractivity contribution >= 4 is 35.0 Å². The second-order valence-electron chi connectivity index (χ2n) is 8.35. The maximum Gasteiger partial charge on any atom is 0.234 e. The van der Waals surface area contributed by atoms with Crippen LogP contribution in [-0.4, -0.2) is 29.7 Å². The number of anilines is 1. The van der Waals surface area contributed by atoms with Crippen LogP contribution in [0, 0.1) is 16.2 Å². The first-order valence-electron chi connectivity index (χ1n) is 8.39. The lowest BCUT2D eigenvalue weighted by Gasteiger charge is -2.55. The molecule has 2 unspecified atom stereocenters. The van der Waals surface area contributed by atoms with Crippen LogP contribution in [0.3, 0.4) is 0 Å². The number of imide groups is 1. The van der Waals surface area contributed by atoms with Crippen LogP contribution in [0.25, 0.3) is 0 Å². The summed E-state index contributed by atoms with van der Waals surface area (Å²) in [6, 6.07) is 6.95. The molecular formula is C19H23ClN2O3. The molecule has 25 heavy (non-hydrogen) atoms. The third-order valence-electron chi connectivity index (χ3n) is 5.61. The molecule has 6 heteroatoms. The zero-order valence-electron chi connectivity index (χ0n) is 15.0. The van der Waals surface area contributed by atoms with Crippen molar-refractivity contribution in [1.82, 2.24) is 4.90 Å². The third kappa shape index (κ3) is 2.84. The fourth-order valence-electron chi connectivity index (χ4n) is 4.98. The summed E-state index contributed by atoms with van der Waals surface area (Å²) in [5, 5.41) is 3.43. The second kappa shape index (κ2) is 5.56. The Morgan fingerprint density at radius 3 is 2.16 bits per heavy atom. The number of benzene rings is 1. The summed E-state index contributed by atoms with van der Waals surface area (Å²) >= 11 is 5.98. The minimum atomic E-state index is -0.809. The van der Waals surface area contributed by atoms with Crippen molar-refractivity contribution in [3.8, 4) is 0 Å². The molecule has 2 atom stereocenters. The highest BCUT2D eigenvalue weighted by molar-refractivity contribution is 6.30. The molecule has 1 aliphatic carbocycles. The number of piperidine rings is 1. The van der Waals surface area contributed by atoms with Gasteiger partial charge in [0.2, 0.25) is 17.7 Å². The van der Waals surface area contributed by atoms with Gasteiger partial charge in [0.15, 0.2) is 0 Å². The molecule has 0 spiro atoms. The Morgan fingerprint density at radius 1 is 1.08 bits per heavy atom. The Hall–Kier alpha value is -1.88. The summed E-state index contributed by atoms with van der Waals surface area (Å²) in [7, 11) is 1.54. The van der Waals surface area contributed by atoms with Crippen LogP contribution in [0.4, 0.5) is 5.69 Å². The molecule has 1 saturated carbocycles. The van der Waals surface area contributed by atoms with Crippen molar-refractivity contribution in [1.29, 1.82) is 0 Å². The number of amides is 3. The molecule has 5 nitrogen and oxygen atoms in total. The molecule has 1 saturated heterocycles. The number of carbonyl (C=O) groups excluding carboxylic acids is 3. The minimum Gasteiger partial charge on any atom is -0.326 e. The van der Waals surface area contributed by atoms with Crippen LogP contribution in [0.2, 0.25) is 5.02 Å². The number of halogens is 1. The molecular weight excluding hydrogens is 340 g/mol. The fraction of sp³-hybridized carbons (Fsp3) is 0.526. The number of likely N-dealkylation sites (tertiary alicyclic amines) is 1. The van der Waals surface area contributed by atoms with E-state index in [1.807, 2.05) is 20.8 Å². The lowest BCUT2D eigenvalue weighted by Crippen LogP contribution is -2.63. The Balaban J connectivity index is 1.92. The molecule has 2 aliphatic rings. The van der Waals surface area contributed by atoms with Gasteiger partial charge in [0.1, 0.15) is 0 Å². The average Bonchev–Trinajstić information content (AvgIpc) is 2.50. The molecule has 2 bridgehead atoms. The van der Waals surface area contributed by atoms with Gasteiger partial charge in [0, 0.05) is 34.0 Å². The summed E-state index contributed by atoms with van der Waals surface area (Å²) in [5.41, 5.74) is -1.62. The van der Waals surface area contributed by atoms with Gasteiger partial charge in [-0.2, -0.15) is 0 Å². The number of rotatable bonds is 2. The number of fused-ring (bicyclic) bond motifs is 2. The van der Waals surface area contributed by atoms with E-state index < -0.39 is 16.2 Å². The Kier molecular flexibility index (Phi) is 3.99. The monoisotopic (exact) mass is 362 g/mol. The van der Waals surface area contributed by atoms with E-state index in [4.69, 9.17) is 11.6 Å². The maximum atomic E-state index is 13.0. The van der Waals surface area contributed by atoms with E-state index in [2.05, 4.69) is 5.32 Å². The number of hydrogen-bond donors (Lipinski definition) is 1. The van der Waals surface area contributed by atoms with Crippen molar-refractivity contribution in [2.24, 2.45) is 16.2 Å². The van der Waals surface area contributed by atoms with Gasteiger partial charge in [-0.25, -0.2) is 0 Å². The highest BCUT2D eigenvalue weighted by Gasteiger charge is 2.62. The topological polar surface area (TPSA) is 66.5 Å². The largest absolute Gasteiger partial charge is 0.326 e. The quantitative estimate of drug-likeness (QED) is 0.819. The van der Waals surface area contributed by atoms with Gasteiger partial charge in [-0.1, -0.05) is 38.4 Å². The van der Waals surface area contributed by atoms with Crippen LogP contribution in [0.1, 0.15) is 40.0 Å². The van der Waals surface area contributed by atoms with Crippen molar-refractivity contribution in [2.75, 3.05) is 12.4 Å². The Bertz CT molecular complexity index is 748. The molecule has 2 fully saturated rings. The van der Waals surface area contributed by atoms with E-state index >= 15 is 0 Å². The van der Waals surface area contributed by atoms with E-state index in [0.717, 1.165) is 0 Å². The van der Waals surface area contributed by atoms with Crippen LogP contribution in [0.5, 0.6) is 0 Å². The number of nitrogens with zero attached hydrogens (tertiary/aromatic N) is 1. The van der Waals surface area contributed by atoms with Gasteiger partial charge in [-0.05, 0) is 37.5 Å². The van der Waals surface area contributed by atoms with E-state index in [-0.39, 0.29) is 17.7 Å². The van der Waals surface area contributed by atoms with Gasteiger partial charge in [0.25, 0.3) is 0 Å². The highest BCUT2D eigenvalue weighted by Crippen LogP contribution is 2.58. The zero-order chi connectivity index (χ0) is 18.6. The first-order valence-corrected chi connectivity index (χ1v) is 8.77. The van der Waals surface area contributed by atoms with Gasteiger partial charge in [-0.3, -0.25) is 19.3 Å². The predicted molar refractivity (Wildman–Crippen MR) is 96.0 cm³/mol. The standard InChI is InChI=1S/C19H23ClN2O3/c1-17(14(23)21-13-7-5-6-12(20)8-13)9-18(2)11-19(3,10-17)16(25)22(4)15(18)24/h5-8H,9-11H2,1-4H3,(H,21,23). The van der Waals surface area contributed by atoms with E-state index in [1.165, 1.54) is 11.9 Å². The molecule has 1 heterocycles. The van der Waals surface area contributed by atoms with Gasteiger partial charge < -0.3 is 5.32 Å². The van der Waals surface area contributed by atoms with Crippen molar-refractivity contribution in [2.45, 2.75) is 40.0 Å². The molecule has 1 aromatic carbocycles. The molecule has 3 rings (SSSR count). The summed E-state index contributed by atoms with van der Waals surface area (Å²) in [4.78, 5) is 39.6. The van der Waals surface area contributed by atoms with Crippen LogP contribution in [-0.2, 0) is 14.4 Å². The molecule has 1 aliphatic heterocycles. The van der Waals surface area contributed by atoms with Crippen LogP contribution >= 0.6 is 11.6 Å². The Morgan fingerprint density at radius 2 is 1.64 bits per heavy atom. The van der Waals surface area contributed by atoms with E-state index in [1.54, 1.807) is 24.3 Å².